The zero-order chi connectivity index (χ0) is 15.7. The largest absolute Gasteiger partial charge is 1.00 e. The Morgan fingerprint density at radius 3 is 1.62 bits per heavy atom. The molecule has 0 saturated heterocycles. The summed E-state index contributed by atoms with van der Waals surface area (Å²) < 4.78 is 3.90. The van der Waals surface area contributed by atoms with Crippen LogP contribution in [0.1, 0.15) is 65.2 Å². The Morgan fingerprint density at radius 2 is 1.25 bits per heavy atom. The molecule has 2 aliphatic carbocycles. The third-order valence-corrected chi connectivity index (χ3v) is 13.3. The summed E-state index contributed by atoms with van der Waals surface area (Å²) in [7, 11) is -1.44. The van der Waals surface area contributed by atoms with E-state index < -0.39 is 31.3 Å². The van der Waals surface area contributed by atoms with Crippen LogP contribution in [0.5, 0.6) is 0 Å². The van der Waals surface area contributed by atoms with E-state index in [9.17, 15) is 0 Å². The van der Waals surface area contributed by atoms with Crippen LogP contribution >= 0.6 is 0 Å². The monoisotopic (exact) mass is 458 g/mol. The van der Waals surface area contributed by atoms with Crippen LogP contribution < -0.4 is 24.8 Å². The van der Waals surface area contributed by atoms with Crippen LogP contribution in [0.4, 0.5) is 0 Å². The van der Waals surface area contributed by atoms with Crippen molar-refractivity contribution in [2.24, 2.45) is 0 Å². The van der Waals surface area contributed by atoms with Crippen LogP contribution in [0.3, 0.4) is 0 Å². The number of rotatable bonds is 6. The van der Waals surface area contributed by atoms with E-state index >= 15 is 0 Å². The Balaban J connectivity index is 0.00000144. The van der Waals surface area contributed by atoms with E-state index in [4.69, 9.17) is 0 Å². The molecule has 0 aromatic heterocycles. The van der Waals surface area contributed by atoms with Gasteiger partial charge in [-0.05, 0) is 0 Å². The Bertz CT molecular complexity index is 547. The molecule has 0 saturated carbocycles. The second kappa shape index (κ2) is 9.54. The molecule has 3 aliphatic rings. The van der Waals surface area contributed by atoms with E-state index in [0.717, 1.165) is 0 Å². The zero-order valence-corrected chi connectivity index (χ0v) is 20.5. The number of unbranched alkanes of at least 4 members (excludes halogenated alkanes) is 2. The molecule has 4 bridgehead atoms. The van der Waals surface area contributed by atoms with E-state index in [0.29, 0.717) is 0 Å². The predicted molar refractivity (Wildman–Crippen MR) is 96.0 cm³/mol. The van der Waals surface area contributed by atoms with Gasteiger partial charge in [0.05, 0.1) is 0 Å². The van der Waals surface area contributed by atoms with Gasteiger partial charge in [-0.15, -0.1) is 0 Å². The summed E-state index contributed by atoms with van der Waals surface area (Å²) in [6, 6.07) is 0. The van der Waals surface area contributed by atoms with Crippen LogP contribution in [-0.2, 0) is 23.2 Å². The first kappa shape index (κ1) is 22.7. The van der Waals surface area contributed by atoms with Crippen LogP contribution in [-0.4, -0.2) is 8.07 Å². The standard InChI is InChI=1S/C20H30Si.2ClH.Zr/c1-5-7-11-17-13-9-15-19(17)21(3,4)20-16-10-14-18(20)12-8-6-2;;;/h15-16H,5-12H2,1-4H3;2*1H;/q;;;+2/p-2. The molecular formula is C20H30Cl2SiZr. The third kappa shape index (κ3) is 4.13. The molecular weight excluding hydrogens is 430 g/mol. The molecule has 0 spiro atoms. The van der Waals surface area contributed by atoms with Gasteiger partial charge < -0.3 is 24.8 Å². The van der Waals surface area contributed by atoms with Gasteiger partial charge in [0.1, 0.15) is 0 Å². The number of halogens is 2. The first-order chi connectivity index (χ1) is 10.6. The van der Waals surface area contributed by atoms with Crippen molar-refractivity contribution in [2.45, 2.75) is 78.3 Å². The van der Waals surface area contributed by atoms with Crippen LogP contribution in [0, 0.1) is 0 Å². The van der Waals surface area contributed by atoms with Gasteiger partial charge in [0.2, 0.25) is 0 Å². The minimum Gasteiger partial charge on any atom is -1.00 e. The molecule has 24 heavy (non-hydrogen) atoms. The maximum absolute atomic E-state index is 2.66. The predicted octanol–water partition coefficient (Wildman–Crippen LogP) is 0.426. The van der Waals surface area contributed by atoms with Crippen LogP contribution in [0.15, 0.2) is 40.3 Å². The first-order valence-electron chi connectivity index (χ1n) is 9.22. The molecule has 0 nitrogen and oxygen atoms in total. The fraction of sp³-hybridized carbons (Fsp3) is 0.600. The molecule has 0 radical (unpaired) electrons. The van der Waals surface area contributed by atoms with Gasteiger partial charge >= 0.3 is 150 Å². The van der Waals surface area contributed by atoms with Gasteiger partial charge in [0.25, 0.3) is 0 Å². The maximum atomic E-state index is 2.66. The van der Waals surface area contributed by atoms with Gasteiger partial charge in [-0.1, -0.05) is 0 Å². The molecule has 3 rings (SSSR count). The quantitative estimate of drug-likeness (QED) is 0.505. The summed E-state index contributed by atoms with van der Waals surface area (Å²) >= 11 is -0.482. The van der Waals surface area contributed by atoms with Crippen LogP contribution in [0.25, 0.3) is 0 Å². The van der Waals surface area contributed by atoms with Gasteiger partial charge in [-0.25, -0.2) is 0 Å². The molecule has 1 aliphatic heterocycles. The minimum absolute atomic E-state index is 0. The Kier molecular flexibility index (Phi) is 9.02. The Morgan fingerprint density at radius 1 is 0.833 bits per heavy atom. The molecule has 0 N–H and O–H groups in total. The van der Waals surface area contributed by atoms with E-state index in [-0.39, 0.29) is 24.8 Å². The summed E-state index contributed by atoms with van der Waals surface area (Å²) in [6.45, 7) is 9.94. The van der Waals surface area contributed by atoms with Crippen molar-refractivity contribution in [3.05, 3.63) is 40.3 Å². The molecule has 4 heteroatoms. The van der Waals surface area contributed by atoms with Gasteiger partial charge in [-0.3, -0.25) is 0 Å². The summed E-state index contributed by atoms with van der Waals surface area (Å²) in [5.74, 6) is 0. The minimum atomic E-state index is -1.44. The normalized spacial score (nSPS) is 20.2. The van der Waals surface area contributed by atoms with Crippen molar-refractivity contribution in [1.29, 1.82) is 0 Å². The average molecular weight is 461 g/mol. The molecule has 0 aromatic rings. The third-order valence-electron chi connectivity index (χ3n) is 5.61. The number of hydrogen-bond acceptors (Lipinski definition) is 0. The maximum Gasteiger partial charge on any atom is -1.00 e. The topological polar surface area (TPSA) is 0 Å². The first-order valence-corrected chi connectivity index (χ1v) is 14.7. The Hall–Kier alpha value is 0.640. The second-order valence-electron chi connectivity index (χ2n) is 7.52. The molecule has 132 valence electrons. The number of allylic oxidation sites excluding steroid dienone is 8. The Labute approximate surface area is 173 Å². The zero-order valence-electron chi connectivity index (χ0n) is 15.6. The van der Waals surface area contributed by atoms with Gasteiger partial charge in [0, 0.05) is 0 Å². The van der Waals surface area contributed by atoms with Crippen molar-refractivity contribution in [1.82, 2.24) is 0 Å². The van der Waals surface area contributed by atoms with Crippen LogP contribution in [0.2, 0.25) is 13.1 Å². The van der Waals surface area contributed by atoms with Crippen molar-refractivity contribution in [3.8, 4) is 0 Å². The molecule has 0 fully saturated rings. The van der Waals surface area contributed by atoms with Gasteiger partial charge in [0.15, 0.2) is 0 Å². The smallest absolute Gasteiger partial charge is 1.00 e. The fourth-order valence-electron chi connectivity index (χ4n) is 4.35. The molecule has 0 unspecified atom stereocenters. The second-order valence-corrected chi connectivity index (χ2v) is 15.4. The summed E-state index contributed by atoms with van der Waals surface area (Å²) in [5.41, 5.74) is 3.73. The number of hydrogen-bond donors (Lipinski definition) is 0. The SMILES string of the molecule is CCCCC1=[C]2CC=C1[Si](C)(C)C1=CC[C](=C1CCCC)[Zr+2]2.[Cl-].[Cl-]. The summed E-state index contributed by atoms with van der Waals surface area (Å²) in [5, 5.41) is 3.69. The van der Waals surface area contributed by atoms with Crippen molar-refractivity contribution < 1.29 is 48.0 Å². The average Bonchev–Trinajstić information content (AvgIpc) is 3.09. The fourth-order valence-corrected chi connectivity index (χ4v) is 12.5. The molecule has 0 atom stereocenters. The summed E-state index contributed by atoms with van der Waals surface area (Å²) in [4.78, 5) is 0. The van der Waals surface area contributed by atoms with E-state index in [1.807, 2.05) is 28.1 Å². The van der Waals surface area contributed by atoms with Crippen molar-refractivity contribution in [2.75, 3.05) is 0 Å². The summed E-state index contributed by atoms with van der Waals surface area (Å²) in [6.07, 6.45) is 16.2. The number of fused-ring (bicyclic) bond motifs is 2. The van der Waals surface area contributed by atoms with Gasteiger partial charge in [-0.2, -0.15) is 0 Å². The molecule has 0 amide bonds. The molecule has 1 heterocycles. The molecule has 0 aromatic carbocycles. The van der Waals surface area contributed by atoms with E-state index in [1.54, 1.807) is 0 Å². The van der Waals surface area contributed by atoms with E-state index in [1.165, 1.54) is 51.4 Å². The van der Waals surface area contributed by atoms with Crippen molar-refractivity contribution >= 4 is 8.07 Å². The van der Waals surface area contributed by atoms with E-state index in [2.05, 4.69) is 39.1 Å². The van der Waals surface area contributed by atoms with Crippen molar-refractivity contribution in [3.63, 3.8) is 0 Å².